The molecule has 8 heteroatoms. The first-order valence-corrected chi connectivity index (χ1v) is 13.7. The van der Waals surface area contributed by atoms with E-state index >= 15 is 0 Å². The number of nitrogens with one attached hydrogen (secondary N) is 1. The maximum absolute atomic E-state index is 13.0. The summed E-state index contributed by atoms with van der Waals surface area (Å²) in [5, 5.41) is 3.01. The number of carbonyl (C=O) groups is 1. The van der Waals surface area contributed by atoms with Crippen LogP contribution in [0.1, 0.15) is 37.4 Å². The fourth-order valence-electron chi connectivity index (χ4n) is 3.81. The molecular weight excluding hydrogens is 476 g/mol. The molecule has 0 saturated heterocycles. The van der Waals surface area contributed by atoms with Gasteiger partial charge in [0.05, 0.1) is 25.1 Å². The van der Waals surface area contributed by atoms with Crippen molar-refractivity contribution in [2.24, 2.45) is 5.92 Å². The minimum atomic E-state index is -3.70. The number of ether oxygens (including phenoxy) is 2. The van der Waals surface area contributed by atoms with Crippen molar-refractivity contribution in [1.29, 1.82) is 0 Å². The Kier molecular flexibility index (Phi) is 9.36. The molecule has 0 aliphatic heterocycles. The normalized spacial score (nSPS) is 12.1. The number of sulfonamides is 1. The third-order valence-electron chi connectivity index (χ3n) is 5.62. The predicted octanol–water partition coefficient (Wildman–Crippen LogP) is 4.94. The van der Waals surface area contributed by atoms with Gasteiger partial charge >= 0.3 is 0 Å². The van der Waals surface area contributed by atoms with Gasteiger partial charge in [-0.3, -0.25) is 9.10 Å². The number of carbonyl (C=O) groups excluding carboxylic acids is 1. The highest BCUT2D eigenvalue weighted by Gasteiger charge is 2.23. The number of methoxy groups -OCH3 is 1. The monoisotopic (exact) mass is 510 g/mol. The molecule has 1 atom stereocenters. The number of amides is 1. The zero-order valence-electron chi connectivity index (χ0n) is 21.2. The van der Waals surface area contributed by atoms with E-state index in [1.165, 1.54) is 0 Å². The molecule has 7 nitrogen and oxygen atoms in total. The van der Waals surface area contributed by atoms with Crippen molar-refractivity contribution in [3.05, 3.63) is 90.0 Å². The quantitative estimate of drug-likeness (QED) is 0.373. The lowest BCUT2D eigenvalue weighted by Gasteiger charge is -2.25. The summed E-state index contributed by atoms with van der Waals surface area (Å²) in [5.74, 6) is 1.28. The predicted molar refractivity (Wildman–Crippen MR) is 143 cm³/mol. The second-order valence-corrected chi connectivity index (χ2v) is 11.0. The van der Waals surface area contributed by atoms with Crippen LogP contribution in [-0.4, -0.2) is 34.2 Å². The molecule has 1 amide bonds. The first kappa shape index (κ1) is 27.1. The molecule has 0 saturated carbocycles. The van der Waals surface area contributed by atoms with Gasteiger partial charge in [-0.15, -0.1) is 0 Å². The summed E-state index contributed by atoms with van der Waals surface area (Å²) in [6.07, 6.45) is 1.81. The molecule has 0 unspecified atom stereocenters. The highest BCUT2D eigenvalue weighted by molar-refractivity contribution is 7.92. The molecule has 3 rings (SSSR count). The van der Waals surface area contributed by atoms with Gasteiger partial charge in [0.15, 0.2) is 0 Å². The van der Waals surface area contributed by atoms with E-state index in [0.29, 0.717) is 30.4 Å². The van der Waals surface area contributed by atoms with Crippen LogP contribution in [0.2, 0.25) is 0 Å². The molecule has 0 aromatic heterocycles. The van der Waals surface area contributed by atoms with Crippen molar-refractivity contribution in [3.63, 3.8) is 0 Å². The largest absolute Gasteiger partial charge is 0.497 e. The summed E-state index contributed by atoms with van der Waals surface area (Å²) >= 11 is 0. The maximum atomic E-state index is 13.0. The van der Waals surface area contributed by atoms with Crippen LogP contribution in [-0.2, 0) is 21.4 Å². The Balaban J connectivity index is 1.70. The van der Waals surface area contributed by atoms with Crippen LogP contribution in [0.25, 0.3) is 0 Å². The molecule has 1 N–H and O–H groups in total. The summed E-state index contributed by atoms with van der Waals surface area (Å²) in [7, 11) is -2.10. The van der Waals surface area contributed by atoms with E-state index in [9.17, 15) is 13.2 Å². The molecule has 0 fully saturated rings. The number of benzene rings is 3. The average molecular weight is 511 g/mol. The minimum absolute atomic E-state index is 0.251. The molecule has 0 heterocycles. The maximum Gasteiger partial charge on any atom is 0.241 e. The lowest BCUT2D eigenvalue weighted by Crippen LogP contribution is -2.41. The Hall–Kier alpha value is -3.52. The summed E-state index contributed by atoms with van der Waals surface area (Å²) in [4.78, 5) is 13.0. The van der Waals surface area contributed by atoms with E-state index < -0.39 is 10.0 Å². The van der Waals surface area contributed by atoms with Crippen LogP contribution in [0.5, 0.6) is 11.5 Å². The third-order valence-corrected chi connectivity index (χ3v) is 6.76. The Bertz CT molecular complexity index is 1210. The van der Waals surface area contributed by atoms with Crippen LogP contribution in [0, 0.1) is 5.92 Å². The fourth-order valence-corrected chi connectivity index (χ4v) is 4.66. The van der Waals surface area contributed by atoms with Crippen molar-refractivity contribution < 1.29 is 22.7 Å². The average Bonchev–Trinajstić information content (AvgIpc) is 2.86. The number of hydrogen-bond donors (Lipinski definition) is 1. The Morgan fingerprint density at radius 2 is 1.53 bits per heavy atom. The van der Waals surface area contributed by atoms with Crippen molar-refractivity contribution in [2.75, 3.05) is 24.2 Å². The highest BCUT2D eigenvalue weighted by atomic mass is 32.2. The van der Waals surface area contributed by atoms with E-state index in [1.54, 1.807) is 31.4 Å². The van der Waals surface area contributed by atoms with Crippen molar-refractivity contribution >= 4 is 21.6 Å². The number of rotatable bonds is 12. The summed E-state index contributed by atoms with van der Waals surface area (Å²) in [5.41, 5.74) is 2.36. The van der Waals surface area contributed by atoms with Crippen molar-refractivity contribution in [2.45, 2.75) is 32.9 Å². The van der Waals surface area contributed by atoms with E-state index in [0.717, 1.165) is 27.4 Å². The number of nitrogens with zero attached hydrogens (tertiary/aromatic N) is 1. The zero-order valence-corrected chi connectivity index (χ0v) is 22.0. The van der Waals surface area contributed by atoms with Crippen LogP contribution < -0.4 is 19.1 Å². The lowest BCUT2D eigenvalue weighted by atomic mass is 9.97. The van der Waals surface area contributed by atoms with Gasteiger partial charge in [-0.25, -0.2) is 8.42 Å². The van der Waals surface area contributed by atoms with Crippen LogP contribution >= 0.6 is 0 Å². The van der Waals surface area contributed by atoms with Gasteiger partial charge < -0.3 is 14.8 Å². The Morgan fingerprint density at radius 3 is 2.08 bits per heavy atom. The van der Waals surface area contributed by atoms with E-state index in [4.69, 9.17) is 9.47 Å². The Labute approximate surface area is 214 Å². The molecular formula is C28H34N2O5S. The molecule has 192 valence electrons. The summed E-state index contributed by atoms with van der Waals surface area (Å²) in [6.45, 7) is 4.23. The molecule has 0 aliphatic rings. The van der Waals surface area contributed by atoms with Crippen molar-refractivity contribution in [3.8, 4) is 11.5 Å². The second kappa shape index (κ2) is 12.4. The lowest BCUT2D eigenvalue weighted by molar-refractivity contribution is -0.120. The first-order chi connectivity index (χ1) is 17.2. The number of anilines is 1. The van der Waals surface area contributed by atoms with Gasteiger partial charge in [-0.05, 0) is 59.9 Å². The summed E-state index contributed by atoms with van der Waals surface area (Å²) in [6, 6.07) is 23.7. The zero-order chi connectivity index (χ0) is 26.1. The molecule has 36 heavy (non-hydrogen) atoms. The highest BCUT2D eigenvalue weighted by Crippen LogP contribution is 2.25. The standard InChI is InChI=1S/C28H34N2O5S/c1-21(2)18-27(23-10-14-25(34-3)15-11-23)29-28(31)19-30(36(4,32)33)24-12-16-26(17-13-24)35-20-22-8-6-5-7-9-22/h5-17,21,27H,18-20H2,1-4H3,(H,29,31)/t27-/m0/s1. The van der Waals surface area contributed by atoms with E-state index in [2.05, 4.69) is 19.2 Å². The third kappa shape index (κ3) is 8.02. The molecule has 0 radical (unpaired) electrons. The molecule has 0 aliphatic carbocycles. The smallest absolute Gasteiger partial charge is 0.241 e. The van der Waals surface area contributed by atoms with E-state index in [1.807, 2.05) is 54.6 Å². The van der Waals surface area contributed by atoms with Crippen molar-refractivity contribution in [1.82, 2.24) is 5.32 Å². The van der Waals surface area contributed by atoms with Crippen LogP contribution in [0.4, 0.5) is 5.69 Å². The fraction of sp³-hybridized carbons (Fsp3) is 0.321. The summed E-state index contributed by atoms with van der Waals surface area (Å²) < 4.78 is 37.3. The molecule has 3 aromatic rings. The van der Waals surface area contributed by atoms with Gasteiger partial charge in [-0.1, -0.05) is 56.3 Å². The van der Waals surface area contributed by atoms with Gasteiger partial charge in [0, 0.05) is 0 Å². The van der Waals surface area contributed by atoms with Crippen LogP contribution in [0.15, 0.2) is 78.9 Å². The molecule has 3 aromatic carbocycles. The Morgan fingerprint density at radius 1 is 0.917 bits per heavy atom. The van der Waals surface area contributed by atoms with E-state index in [-0.39, 0.29) is 18.5 Å². The topological polar surface area (TPSA) is 84.9 Å². The minimum Gasteiger partial charge on any atom is -0.497 e. The second-order valence-electron chi connectivity index (χ2n) is 9.06. The molecule has 0 spiro atoms. The SMILES string of the molecule is COc1ccc([C@H](CC(C)C)NC(=O)CN(c2ccc(OCc3ccccc3)cc2)S(C)(=O)=O)cc1. The number of hydrogen-bond acceptors (Lipinski definition) is 5. The van der Waals surface area contributed by atoms with Crippen LogP contribution in [0.3, 0.4) is 0 Å². The van der Waals surface area contributed by atoms with Gasteiger partial charge in [0.2, 0.25) is 15.9 Å². The van der Waals surface area contributed by atoms with Gasteiger partial charge in [-0.2, -0.15) is 0 Å². The van der Waals surface area contributed by atoms with Gasteiger partial charge in [0.25, 0.3) is 0 Å². The van der Waals surface area contributed by atoms with Gasteiger partial charge in [0.1, 0.15) is 24.7 Å². The molecule has 0 bridgehead atoms. The first-order valence-electron chi connectivity index (χ1n) is 11.8.